The van der Waals surface area contributed by atoms with Crippen LogP contribution in [0.5, 0.6) is 0 Å². The summed E-state index contributed by atoms with van der Waals surface area (Å²) in [5.41, 5.74) is 17.2. The summed E-state index contributed by atoms with van der Waals surface area (Å²) in [6, 6.07) is 48.6. The summed E-state index contributed by atoms with van der Waals surface area (Å²) in [7, 11) is 0. The van der Waals surface area contributed by atoms with Crippen molar-refractivity contribution in [2.75, 3.05) is 0 Å². The van der Waals surface area contributed by atoms with E-state index in [-0.39, 0.29) is 5.41 Å². The van der Waals surface area contributed by atoms with Gasteiger partial charge in [0.1, 0.15) is 0 Å². The largest absolute Gasteiger partial charge is 0.264 e. The lowest BCUT2D eigenvalue weighted by atomic mass is 9.81. The number of hydrogen-bond acceptors (Lipinski definition) is 2. The average molecular weight is 577 g/mol. The minimum atomic E-state index is -0.0490. The Morgan fingerprint density at radius 2 is 0.800 bits per heavy atom. The molecule has 1 aliphatic rings. The SMILES string of the molecule is CC1(C)c2ccccc2-c2ccc(-c3cc(-c4ccc(-c5cccnc5)cc4)cc(-c4ccc(-c5cccnc5)cc4)c3)cc21. The molecule has 0 aliphatic heterocycles. The highest BCUT2D eigenvalue weighted by Gasteiger charge is 2.35. The standard InChI is InChI=1S/C43H32N2/c1-43(2)41-10-4-3-9-39(41)40-20-19-33(26-42(40)43)38-24-36(31-15-11-29(12-16-31)34-7-5-21-44-27-34)23-37(25-38)32-17-13-30(14-18-32)35-8-6-22-45-28-35/h3-28H,1-2H3. The van der Waals surface area contributed by atoms with Crippen LogP contribution in [0.15, 0.2) is 158 Å². The maximum atomic E-state index is 4.30. The zero-order valence-corrected chi connectivity index (χ0v) is 25.4. The number of rotatable bonds is 5. The number of nitrogens with zero attached hydrogens (tertiary/aromatic N) is 2. The summed E-state index contributed by atoms with van der Waals surface area (Å²) in [6.45, 7) is 4.69. The Morgan fingerprint density at radius 1 is 0.356 bits per heavy atom. The molecule has 0 spiro atoms. The first kappa shape index (κ1) is 27.0. The third-order valence-electron chi connectivity index (χ3n) is 9.28. The summed E-state index contributed by atoms with van der Waals surface area (Å²) in [5, 5.41) is 0. The predicted molar refractivity (Wildman–Crippen MR) is 187 cm³/mol. The molecular formula is C43H32N2. The number of hydrogen-bond donors (Lipinski definition) is 0. The fraction of sp³-hybridized carbons (Fsp3) is 0.0698. The highest BCUT2D eigenvalue weighted by molar-refractivity contribution is 5.86. The Balaban J connectivity index is 1.24. The van der Waals surface area contributed by atoms with Gasteiger partial charge in [0.15, 0.2) is 0 Å². The third kappa shape index (κ3) is 4.85. The zero-order chi connectivity index (χ0) is 30.4. The fourth-order valence-corrected chi connectivity index (χ4v) is 6.79. The maximum Gasteiger partial charge on any atom is 0.0346 e. The minimum Gasteiger partial charge on any atom is -0.264 e. The smallest absolute Gasteiger partial charge is 0.0346 e. The summed E-state index contributed by atoms with van der Waals surface area (Å²) < 4.78 is 0. The third-order valence-corrected chi connectivity index (χ3v) is 9.28. The van der Waals surface area contributed by atoms with Crippen LogP contribution in [0, 0.1) is 0 Å². The Morgan fingerprint density at radius 3 is 1.31 bits per heavy atom. The van der Waals surface area contributed by atoms with Crippen molar-refractivity contribution in [2.45, 2.75) is 19.3 Å². The van der Waals surface area contributed by atoms with Crippen molar-refractivity contribution in [3.8, 4) is 66.8 Å². The number of pyridine rings is 2. The second-order valence-corrected chi connectivity index (χ2v) is 12.4. The van der Waals surface area contributed by atoms with E-state index in [1.54, 1.807) is 0 Å². The van der Waals surface area contributed by atoms with Gasteiger partial charge in [-0.3, -0.25) is 9.97 Å². The van der Waals surface area contributed by atoms with E-state index >= 15 is 0 Å². The molecule has 214 valence electrons. The molecule has 1 aliphatic carbocycles. The molecule has 8 rings (SSSR count). The molecular weight excluding hydrogens is 544 g/mol. The van der Waals surface area contributed by atoms with Gasteiger partial charge >= 0.3 is 0 Å². The van der Waals surface area contributed by atoms with Gasteiger partial charge in [-0.25, -0.2) is 0 Å². The Bertz CT molecular complexity index is 2040. The maximum absolute atomic E-state index is 4.30. The van der Waals surface area contributed by atoms with Crippen LogP contribution in [0.1, 0.15) is 25.0 Å². The molecule has 0 saturated carbocycles. The number of aromatic nitrogens is 2. The van der Waals surface area contributed by atoms with E-state index in [1.165, 1.54) is 55.6 Å². The van der Waals surface area contributed by atoms with E-state index in [2.05, 4.69) is 145 Å². The highest BCUT2D eigenvalue weighted by atomic mass is 14.6. The van der Waals surface area contributed by atoms with Crippen LogP contribution in [0.25, 0.3) is 66.8 Å². The molecule has 0 N–H and O–H groups in total. The first-order valence-corrected chi connectivity index (χ1v) is 15.5. The van der Waals surface area contributed by atoms with E-state index in [9.17, 15) is 0 Å². The van der Waals surface area contributed by atoms with Gasteiger partial charge in [0.2, 0.25) is 0 Å². The van der Waals surface area contributed by atoms with Gasteiger partial charge in [-0.05, 0) is 114 Å². The minimum absolute atomic E-state index is 0.0490. The van der Waals surface area contributed by atoms with E-state index in [0.29, 0.717) is 0 Å². The van der Waals surface area contributed by atoms with Crippen molar-refractivity contribution >= 4 is 0 Å². The molecule has 2 aromatic heterocycles. The lowest BCUT2D eigenvalue weighted by Gasteiger charge is -2.22. The fourth-order valence-electron chi connectivity index (χ4n) is 6.79. The molecule has 7 aromatic rings. The summed E-state index contributed by atoms with van der Waals surface area (Å²) in [5.74, 6) is 0. The molecule has 0 radical (unpaired) electrons. The van der Waals surface area contributed by atoms with E-state index < -0.39 is 0 Å². The van der Waals surface area contributed by atoms with E-state index in [4.69, 9.17) is 0 Å². The van der Waals surface area contributed by atoms with Crippen LogP contribution in [0.3, 0.4) is 0 Å². The van der Waals surface area contributed by atoms with Crippen molar-refractivity contribution < 1.29 is 0 Å². The molecule has 0 amide bonds. The van der Waals surface area contributed by atoms with Crippen LogP contribution >= 0.6 is 0 Å². The van der Waals surface area contributed by atoms with Gasteiger partial charge in [0.05, 0.1) is 0 Å². The molecule has 2 nitrogen and oxygen atoms in total. The molecule has 45 heavy (non-hydrogen) atoms. The first-order chi connectivity index (χ1) is 22.0. The van der Waals surface area contributed by atoms with Crippen LogP contribution in [-0.2, 0) is 5.41 Å². The van der Waals surface area contributed by atoms with Crippen molar-refractivity contribution in [1.82, 2.24) is 9.97 Å². The van der Waals surface area contributed by atoms with Gasteiger partial charge < -0.3 is 0 Å². The number of benzene rings is 5. The van der Waals surface area contributed by atoms with Crippen molar-refractivity contribution in [3.63, 3.8) is 0 Å². The molecule has 0 saturated heterocycles. The summed E-state index contributed by atoms with van der Waals surface area (Å²) in [6.07, 6.45) is 7.45. The molecule has 0 bridgehead atoms. The van der Waals surface area contributed by atoms with E-state index in [1.807, 2.05) is 36.9 Å². The van der Waals surface area contributed by atoms with Gasteiger partial charge in [0, 0.05) is 30.2 Å². The van der Waals surface area contributed by atoms with Crippen LogP contribution < -0.4 is 0 Å². The Kier molecular flexibility index (Phi) is 6.50. The van der Waals surface area contributed by atoms with Crippen molar-refractivity contribution in [3.05, 3.63) is 169 Å². The predicted octanol–water partition coefficient (Wildman–Crippen LogP) is 11.1. The molecule has 0 unspecified atom stereocenters. The highest BCUT2D eigenvalue weighted by Crippen LogP contribution is 2.49. The molecule has 0 fully saturated rings. The van der Waals surface area contributed by atoms with Crippen LogP contribution in [-0.4, -0.2) is 9.97 Å². The zero-order valence-electron chi connectivity index (χ0n) is 25.4. The normalized spacial score (nSPS) is 12.8. The lowest BCUT2D eigenvalue weighted by molar-refractivity contribution is 0.660. The topological polar surface area (TPSA) is 25.8 Å². The van der Waals surface area contributed by atoms with Gasteiger partial charge in [0.25, 0.3) is 0 Å². The van der Waals surface area contributed by atoms with Crippen molar-refractivity contribution in [1.29, 1.82) is 0 Å². The molecule has 2 heterocycles. The van der Waals surface area contributed by atoms with Gasteiger partial charge in [-0.1, -0.05) is 111 Å². The quantitative estimate of drug-likeness (QED) is 0.204. The second kappa shape index (κ2) is 10.8. The Hall–Kier alpha value is -5.60. The van der Waals surface area contributed by atoms with Gasteiger partial charge in [-0.15, -0.1) is 0 Å². The average Bonchev–Trinajstić information content (AvgIpc) is 3.34. The van der Waals surface area contributed by atoms with E-state index in [0.717, 1.165) is 22.3 Å². The molecule has 0 atom stereocenters. The molecule has 5 aromatic carbocycles. The lowest BCUT2D eigenvalue weighted by Crippen LogP contribution is -2.14. The Labute approximate surface area is 264 Å². The van der Waals surface area contributed by atoms with Crippen LogP contribution in [0.4, 0.5) is 0 Å². The monoisotopic (exact) mass is 576 g/mol. The first-order valence-electron chi connectivity index (χ1n) is 15.5. The van der Waals surface area contributed by atoms with Crippen LogP contribution in [0.2, 0.25) is 0 Å². The summed E-state index contributed by atoms with van der Waals surface area (Å²) in [4.78, 5) is 8.60. The summed E-state index contributed by atoms with van der Waals surface area (Å²) >= 11 is 0. The van der Waals surface area contributed by atoms with Crippen molar-refractivity contribution in [2.24, 2.45) is 0 Å². The van der Waals surface area contributed by atoms with Gasteiger partial charge in [-0.2, -0.15) is 0 Å². The number of fused-ring (bicyclic) bond motifs is 3. The molecule has 2 heteroatoms. The second-order valence-electron chi connectivity index (χ2n) is 12.4.